The summed E-state index contributed by atoms with van der Waals surface area (Å²) in [5, 5.41) is 3.40. The number of benzene rings is 2. The highest BCUT2D eigenvalue weighted by atomic mass is 16.5. The van der Waals surface area contributed by atoms with Gasteiger partial charge in [-0.05, 0) is 37.1 Å². The number of allylic oxidation sites excluding steroid dienone is 3. The first-order valence-corrected chi connectivity index (χ1v) is 8.49. The largest absolute Gasteiger partial charge is 0.489 e. The van der Waals surface area contributed by atoms with E-state index < -0.39 is 0 Å². The molecule has 0 aliphatic carbocycles. The van der Waals surface area contributed by atoms with Crippen LogP contribution in [-0.4, -0.2) is 19.8 Å². The average molecular weight is 334 g/mol. The van der Waals surface area contributed by atoms with E-state index in [0.29, 0.717) is 6.61 Å². The van der Waals surface area contributed by atoms with Crippen LogP contribution in [-0.2, 0) is 6.61 Å². The Bertz CT molecular complexity index is 746. The minimum atomic E-state index is 0.559. The van der Waals surface area contributed by atoms with Gasteiger partial charge < -0.3 is 10.1 Å². The third-order valence-electron chi connectivity index (χ3n) is 3.78. The Morgan fingerprint density at radius 1 is 1.12 bits per heavy atom. The smallest absolute Gasteiger partial charge is 0.120 e. The topological polar surface area (TPSA) is 33.6 Å². The third-order valence-corrected chi connectivity index (χ3v) is 3.78. The second kappa shape index (κ2) is 10.1. The molecule has 25 heavy (non-hydrogen) atoms. The number of rotatable bonds is 8. The first kappa shape index (κ1) is 18.5. The fourth-order valence-electron chi connectivity index (χ4n) is 2.44. The summed E-state index contributed by atoms with van der Waals surface area (Å²) < 4.78 is 5.94. The van der Waals surface area contributed by atoms with Crippen LogP contribution < -0.4 is 10.1 Å². The Morgan fingerprint density at radius 3 is 2.64 bits per heavy atom. The zero-order valence-electron chi connectivity index (χ0n) is 15.2. The predicted octanol–water partition coefficient (Wildman–Crippen LogP) is 4.86. The van der Waals surface area contributed by atoms with E-state index in [2.05, 4.69) is 47.6 Å². The van der Waals surface area contributed by atoms with Crippen LogP contribution in [0.25, 0.3) is 5.57 Å². The lowest BCUT2D eigenvalue weighted by atomic mass is 10.0. The maximum Gasteiger partial charge on any atom is 0.120 e. The monoisotopic (exact) mass is 334 g/mol. The van der Waals surface area contributed by atoms with Gasteiger partial charge in [-0.2, -0.15) is 0 Å². The molecule has 0 aromatic heterocycles. The summed E-state index contributed by atoms with van der Waals surface area (Å²) in [6.45, 7) is 5.44. The van der Waals surface area contributed by atoms with Crippen LogP contribution in [0.4, 0.5) is 0 Å². The summed E-state index contributed by atoms with van der Waals surface area (Å²) in [5.74, 6) is 0.851. The average Bonchev–Trinajstić information content (AvgIpc) is 2.65. The van der Waals surface area contributed by atoms with Crippen LogP contribution in [0.2, 0.25) is 0 Å². The molecule has 2 aromatic carbocycles. The SMILES string of the molecule is C/C=C\CN/C(C)=C(/C=NC)c1cccc(OCc2ccccc2)c1. The van der Waals surface area contributed by atoms with Crippen LogP contribution in [0.15, 0.2) is 77.4 Å². The molecule has 0 bridgehead atoms. The number of hydrogen-bond donors (Lipinski definition) is 1. The van der Waals surface area contributed by atoms with E-state index in [1.807, 2.05) is 49.5 Å². The van der Waals surface area contributed by atoms with Crippen LogP contribution in [0.1, 0.15) is 25.0 Å². The minimum absolute atomic E-state index is 0.559. The summed E-state index contributed by atoms with van der Waals surface area (Å²) >= 11 is 0. The van der Waals surface area contributed by atoms with Gasteiger partial charge in [0.1, 0.15) is 12.4 Å². The molecule has 0 amide bonds. The Kier molecular flexibility index (Phi) is 7.51. The number of aliphatic imine (C=N–C) groups is 1. The van der Waals surface area contributed by atoms with Gasteiger partial charge in [-0.3, -0.25) is 4.99 Å². The first-order valence-electron chi connectivity index (χ1n) is 8.49. The summed E-state index contributed by atoms with van der Waals surface area (Å²) in [7, 11) is 1.79. The van der Waals surface area contributed by atoms with E-state index in [0.717, 1.165) is 34.7 Å². The fraction of sp³-hybridized carbons (Fsp3) is 0.227. The van der Waals surface area contributed by atoms with Crippen molar-refractivity contribution >= 4 is 11.8 Å². The van der Waals surface area contributed by atoms with Gasteiger partial charge in [-0.15, -0.1) is 0 Å². The second-order valence-corrected chi connectivity index (χ2v) is 5.68. The molecule has 0 radical (unpaired) electrons. The van der Waals surface area contributed by atoms with Gasteiger partial charge in [0, 0.05) is 31.1 Å². The van der Waals surface area contributed by atoms with Gasteiger partial charge in [0.05, 0.1) is 0 Å². The Hall–Kier alpha value is -2.81. The number of ether oxygens (including phenoxy) is 1. The molecule has 0 atom stereocenters. The van der Waals surface area contributed by atoms with Gasteiger partial charge in [0.2, 0.25) is 0 Å². The van der Waals surface area contributed by atoms with Crippen molar-refractivity contribution < 1.29 is 4.74 Å². The maximum atomic E-state index is 5.94. The van der Waals surface area contributed by atoms with E-state index >= 15 is 0 Å². The maximum absolute atomic E-state index is 5.94. The quantitative estimate of drug-likeness (QED) is 0.552. The lowest BCUT2D eigenvalue weighted by molar-refractivity contribution is 0.306. The van der Waals surface area contributed by atoms with E-state index in [1.54, 1.807) is 7.05 Å². The molecule has 0 saturated heterocycles. The van der Waals surface area contributed by atoms with Crippen molar-refractivity contribution in [3.8, 4) is 5.75 Å². The van der Waals surface area contributed by atoms with E-state index in [1.165, 1.54) is 0 Å². The molecule has 2 aromatic rings. The number of nitrogens with one attached hydrogen (secondary N) is 1. The zero-order chi connectivity index (χ0) is 17.9. The minimum Gasteiger partial charge on any atom is -0.489 e. The number of nitrogens with zero attached hydrogens (tertiary/aromatic N) is 1. The molecule has 3 heteroatoms. The molecule has 2 rings (SSSR count). The van der Waals surface area contributed by atoms with Crippen molar-refractivity contribution in [3.05, 3.63) is 83.6 Å². The summed E-state index contributed by atoms with van der Waals surface area (Å²) in [6.07, 6.45) is 6.00. The number of hydrogen-bond acceptors (Lipinski definition) is 3. The third kappa shape index (κ3) is 5.96. The van der Waals surface area contributed by atoms with Crippen molar-refractivity contribution in [2.24, 2.45) is 4.99 Å². The van der Waals surface area contributed by atoms with Crippen LogP contribution in [0, 0.1) is 0 Å². The molecule has 0 aliphatic rings. The standard InChI is InChI=1S/C22H26N2O/c1-4-5-14-24-18(2)22(16-23-3)20-12-9-13-21(15-20)25-17-19-10-7-6-8-11-19/h4-13,15-16,24H,14,17H2,1-3H3/b5-4-,22-18-,23-16?. The highest BCUT2D eigenvalue weighted by Gasteiger charge is 2.05. The van der Waals surface area contributed by atoms with Gasteiger partial charge in [0.25, 0.3) is 0 Å². The van der Waals surface area contributed by atoms with Gasteiger partial charge in [-0.25, -0.2) is 0 Å². The van der Waals surface area contributed by atoms with Crippen LogP contribution in [0.5, 0.6) is 5.75 Å². The Labute approximate surface area is 150 Å². The van der Waals surface area contributed by atoms with Crippen molar-refractivity contribution in [3.63, 3.8) is 0 Å². The van der Waals surface area contributed by atoms with Gasteiger partial charge >= 0.3 is 0 Å². The highest BCUT2D eigenvalue weighted by Crippen LogP contribution is 2.22. The molecule has 0 aliphatic heterocycles. The van der Waals surface area contributed by atoms with Crippen molar-refractivity contribution in [2.45, 2.75) is 20.5 Å². The lowest BCUT2D eigenvalue weighted by Crippen LogP contribution is -2.13. The Balaban J connectivity index is 2.17. The first-order chi connectivity index (χ1) is 12.2. The molecular weight excluding hydrogens is 308 g/mol. The van der Waals surface area contributed by atoms with Crippen molar-refractivity contribution in [1.29, 1.82) is 0 Å². The van der Waals surface area contributed by atoms with Crippen molar-refractivity contribution in [1.82, 2.24) is 5.32 Å². The van der Waals surface area contributed by atoms with E-state index in [-0.39, 0.29) is 0 Å². The van der Waals surface area contributed by atoms with Crippen molar-refractivity contribution in [2.75, 3.05) is 13.6 Å². The highest BCUT2D eigenvalue weighted by molar-refractivity contribution is 6.10. The molecule has 0 spiro atoms. The molecular formula is C22H26N2O. The van der Waals surface area contributed by atoms with Gasteiger partial charge in [0.15, 0.2) is 0 Å². The molecule has 0 heterocycles. The molecule has 3 nitrogen and oxygen atoms in total. The molecule has 0 saturated carbocycles. The normalized spacial score (nSPS) is 12.4. The molecule has 130 valence electrons. The lowest BCUT2D eigenvalue weighted by Gasteiger charge is -2.12. The molecule has 0 fully saturated rings. The van der Waals surface area contributed by atoms with Crippen LogP contribution in [0.3, 0.4) is 0 Å². The zero-order valence-corrected chi connectivity index (χ0v) is 15.2. The molecule has 1 N–H and O–H groups in total. The fourth-order valence-corrected chi connectivity index (χ4v) is 2.44. The second-order valence-electron chi connectivity index (χ2n) is 5.68. The van der Waals surface area contributed by atoms with E-state index in [9.17, 15) is 0 Å². The molecule has 0 unspecified atom stereocenters. The van der Waals surface area contributed by atoms with E-state index in [4.69, 9.17) is 4.74 Å². The van der Waals surface area contributed by atoms with Gasteiger partial charge in [-0.1, -0.05) is 54.6 Å². The summed E-state index contributed by atoms with van der Waals surface area (Å²) in [6, 6.07) is 18.3. The summed E-state index contributed by atoms with van der Waals surface area (Å²) in [4.78, 5) is 4.20. The predicted molar refractivity (Wildman–Crippen MR) is 107 cm³/mol. The summed E-state index contributed by atoms with van der Waals surface area (Å²) in [5.41, 5.74) is 4.39. The Morgan fingerprint density at radius 2 is 1.92 bits per heavy atom. The van der Waals surface area contributed by atoms with Crippen LogP contribution >= 0.6 is 0 Å².